The van der Waals surface area contributed by atoms with Crippen molar-refractivity contribution >= 4 is 45.4 Å². The summed E-state index contributed by atoms with van der Waals surface area (Å²) in [5, 5.41) is 4.10. The van der Waals surface area contributed by atoms with Crippen LogP contribution in [0.5, 0.6) is 11.5 Å². The molecule has 0 saturated heterocycles. The second-order valence-corrected chi connectivity index (χ2v) is 7.86. The van der Waals surface area contributed by atoms with E-state index >= 15 is 0 Å². The highest BCUT2D eigenvalue weighted by atomic mass is 32.2. The van der Waals surface area contributed by atoms with Crippen LogP contribution in [0.15, 0.2) is 56.8 Å². The van der Waals surface area contributed by atoms with Gasteiger partial charge in [0.15, 0.2) is 16.7 Å². The summed E-state index contributed by atoms with van der Waals surface area (Å²) in [6.07, 6.45) is 0. The summed E-state index contributed by atoms with van der Waals surface area (Å²) in [4.78, 5) is 30.1. The van der Waals surface area contributed by atoms with Crippen molar-refractivity contribution in [1.82, 2.24) is 9.55 Å². The number of fused-ring (bicyclic) bond motifs is 4. The zero-order chi connectivity index (χ0) is 21.4. The van der Waals surface area contributed by atoms with Gasteiger partial charge in [0.05, 0.1) is 5.75 Å². The summed E-state index contributed by atoms with van der Waals surface area (Å²) in [5.41, 5.74) is 1.72. The molecule has 0 spiro atoms. The van der Waals surface area contributed by atoms with Gasteiger partial charge in [0.1, 0.15) is 24.3 Å². The van der Waals surface area contributed by atoms with Crippen LogP contribution in [0.2, 0.25) is 0 Å². The Balaban J connectivity index is 1.38. The highest BCUT2D eigenvalue weighted by Crippen LogP contribution is 2.33. The molecular formula is C22H19N3O5S. The number of nitrogens with zero attached hydrogens (tertiary/aromatic N) is 2. The monoisotopic (exact) mass is 437 g/mol. The maximum absolute atomic E-state index is 12.9. The van der Waals surface area contributed by atoms with Gasteiger partial charge in [-0.2, -0.15) is 0 Å². The fourth-order valence-corrected chi connectivity index (χ4v) is 4.35. The third-order valence-corrected chi connectivity index (χ3v) is 5.90. The minimum Gasteiger partial charge on any atom is -0.486 e. The largest absolute Gasteiger partial charge is 0.486 e. The zero-order valence-corrected chi connectivity index (χ0v) is 17.5. The fourth-order valence-electron chi connectivity index (χ4n) is 3.49. The van der Waals surface area contributed by atoms with Gasteiger partial charge in [-0.25, -0.2) is 4.98 Å². The Morgan fingerprint density at radius 3 is 2.81 bits per heavy atom. The van der Waals surface area contributed by atoms with Crippen molar-refractivity contribution in [2.24, 2.45) is 0 Å². The highest BCUT2D eigenvalue weighted by Gasteiger charge is 2.18. The molecule has 0 unspecified atom stereocenters. The average molecular weight is 437 g/mol. The van der Waals surface area contributed by atoms with Crippen LogP contribution in [0.3, 0.4) is 0 Å². The van der Waals surface area contributed by atoms with E-state index < -0.39 is 0 Å². The smallest absolute Gasteiger partial charge is 0.297 e. The Kier molecular flexibility index (Phi) is 5.03. The molecule has 0 bridgehead atoms. The van der Waals surface area contributed by atoms with Crippen molar-refractivity contribution in [2.75, 3.05) is 24.3 Å². The molecule has 9 heteroatoms. The van der Waals surface area contributed by atoms with Gasteiger partial charge < -0.3 is 19.2 Å². The SMILES string of the molecule is CCn1c(SCC(=O)Nc2ccc3c(c2)OCCO3)nc2c(oc3ccccc32)c1=O. The minimum atomic E-state index is -0.251. The first kappa shape index (κ1) is 19.5. The molecule has 1 aliphatic rings. The van der Waals surface area contributed by atoms with E-state index in [1.807, 2.05) is 25.1 Å². The van der Waals surface area contributed by atoms with Crippen molar-refractivity contribution in [2.45, 2.75) is 18.6 Å². The third-order valence-electron chi connectivity index (χ3n) is 4.92. The summed E-state index contributed by atoms with van der Waals surface area (Å²) < 4.78 is 18.3. The molecule has 1 aliphatic heterocycles. The Bertz CT molecular complexity index is 1360. The maximum Gasteiger partial charge on any atom is 0.297 e. The van der Waals surface area contributed by atoms with Crippen LogP contribution in [0, 0.1) is 0 Å². The first-order chi connectivity index (χ1) is 15.1. The van der Waals surface area contributed by atoms with Crippen LogP contribution in [0.1, 0.15) is 6.92 Å². The van der Waals surface area contributed by atoms with Crippen molar-refractivity contribution in [1.29, 1.82) is 0 Å². The minimum absolute atomic E-state index is 0.0994. The number of ether oxygens (including phenoxy) is 2. The number of nitrogens with one attached hydrogen (secondary N) is 1. The standard InChI is InChI=1S/C22H19N3O5S/c1-2-25-21(27)20-19(14-5-3-4-6-15(14)30-20)24-22(25)31-12-18(26)23-13-7-8-16-17(11-13)29-10-9-28-16/h3-8,11H,2,9-10,12H2,1H3,(H,23,26). The lowest BCUT2D eigenvalue weighted by Gasteiger charge is -2.19. The van der Waals surface area contributed by atoms with Crippen molar-refractivity contribution < 1.29 is 18.7 Å². The molecule has 0 atom stereocenters. The number of furan rings is 1. The molecule has 0 radical (unpaired) electrons. The first-order valence-electron chi connectivity index (χ1n) is 9.88. The number of rotatable bonds is 5. The summed E-state index contributed by atoms with van der Waals surface area (Å²) in [6.45, 7) is 3.27. The number of thioether (sulfide) groups is 1. The number of para-hydroxylation sites is 1. The molecule has 1 amide bonds. The van der Waals surface area contributed by atoms with Crippen LogP contribution in [0.25, 0.3) is 22.1 Å². The lowest BCUT2D eigenvalue weighted by atomic mass is 10.2. The molecule has 0 saturated carbocycles. The molecular weight excluding hydrogens is 418 g/mol. The van der Waals surface area contributed by atoms with Gasteiger partial charge in [-0.1, -0.05) is 23.9 Å². The van der Waals surface area contributed by atoms with E-state index in [0.29, 0.717) is 53.2 Å². The van der Waals surface area contributed by atoms with Gasteiger partial charge in [-0.05, 0) is 31.2 Å². The van der Waals surface area contributed by atoms with Gasteiger partial charge in [-0.15, -0.1) is 0 Å². The molecule has 31 heavy (non-hydrogen) atoms. The number of carbonyl (C=O) groups excluding carboxylic acids is 1. The molecule has 4 aromatic rings. The summed E-state index contributed by atoms with van der Waals surface area (Å²) in [7, 11) is 0. The Hall–Kier alpha value is -3.46. The van der Waals surface area contributed by atoms with Crippen LogP contribution < -0.4 is 20.3 Å². The summed E-state index contributed by atoms with van der Waals surface area (Å²) >= 11 is 1.21. The molecule has 0 fully saturated rings. The normalized spacial score (nSPS) is 12.9. The van der Waals surface area contributed by atoms with Crippen LogP contribution >= 0.6 is 11.8 Å². The number of amides is 1. The molecule has 2 aromatic carbocycles. The van der Waals surface area contributed by atoms with Crippen molar-refractivity contribution in [3.63, 3.8) is 0 Å². The second kappa shape index (κ2) is 7.99. The van der Waals surface area contributed by atoms with Gasteiger partial charge in [-0.3, -0.25) is 14.2 Å². The van der Waals surface area contributed by atoms with E-state index in [0.717, 1.165) is 5.39 Å². The first-order valence-corrected chi connectivity index (χ1v) is 10.9. The number of hydrogen-bond acceptors (Lipinski definition) is 7. The third kappa shape index (κ3) is 3.61. The highest BCUT2D eigenvalue weighted by molar-refractivity contribution is 7.99. The van der Waals surface area contributed by atoms with Gasteiger partial charge in [0.2, 0.25) is 11.5 Å². The molecule has 5 rings (SSSR count). The number of aromatic nitrogens is 2. The topological polar surface area (TPSA) is 95.6 Å². The maximum atomic E-state index is 12.9. The van der Waals surface area contributed by atoms with Crippen LogP contribution in [0.4, 0.5) is 5.69 Å². The summed E-state index contributed by atoms with van der Waals surface area (Å²) in [6, 6.07) is 12.7. The predicted molar refractivity (Wildman–Crippen MR) is 118 cm³/mol. The quantitative estimate of drug-likeness (QED) is 0.376. The fraction of sp³-hybridized carbons (Fsp3) is 0.227. The van der Waals surface area contributed by atoms with E-state index in [2.05, 4.69) is 10.3 Å². The predicted octanol–water partition coefficient (Wildman–Crippen LogP) is 3.66. The van der Waals surface area contributed by atoms with Gasteiger partial charge >= 0.3 is 0 Å². The van der Waals surface area contributed by atoms with E-state index in [1.54, 1.807) is 24.3 Å². The zero-order valence-electron chi connectivity index (χ0n) is 16.7. The Morgan fingerprint density at radius 1 is 1.16 bits per heavy atom. The Labute approximate surface area is 181 Å². The van der Waals surface area contributed by atoms with E-state index in [9.17, 15) is 9.59 Å². The van der Waals surface area contributed by atoms with Crippen molar-refractivity contribution in [3.05, 3.63) is 52.8 Å². The second-order valence-electron chi connectivity index (χ2n) is 6.92. The van der Waals surface area contributed by atoms with E-state index in [-0.39, 0.29) is 22.8 Å². The number of benzene rings is 2. The lowest BCUT2D eigenvalue weighted by molar-refractivity contribution is -0.113. The lowest BCUT2D eigenvalue weighted by Crippen LogP contribution is -2.23. The molecule has 158 valence electrons. The van der Waals surface area contributed by atoms with E-state index in [1.165, 1.54) is 16.3 Å². The van der Waals surface area contributed by atoms with Crippen LogP contribution in [-0.2, 0) is 11.3 Å². The molecule has 2 aromatic heterocycles. The van der Waals surface area contributed by atoms with Gasteiger partial charge in [0, 0.05) is 23.7 Å². The number of anilines is 1. The number of hydrogen-bond donors (Lipinski definition) is 1. The molecule has 8 nitrogen and oxygen atoms in total. The Morgan fingerprint density at radius 2 is 1.97 bits per heavy atom. The number of carbonyl (C=O) groups is 1. The molecule has 1 N–H and O–H groups in total. The van der Waals surface area contributed by atoms with E-state index in [4.69, 9.17) is 13.9 Å². The molecule has 0 aliphatic carbocycles. The summed E-state index contributed by atoms with van der Waals surface area (Å²) in [5.74, 6) is 1.16. The molecule has 3 heterocycles. The van der Waals surface area contributed by atoms with Gasteiger partial charge in [0.25, 0.3) is 5.56 Å². The van der Waals surface area contributed by atoms with Crippen molar-refractivity contribution in [3.8, 4) is 11.5 Å². The average Bonchev–Trinajstić information content (AvgIpc) is 3.17. The van der Waals surface area contributed by atoms with Crippen LogP contribution in [-0.4, -0.2) is 34.4 Å².